The zero-order valence-corrected chi connectivity index (χ0v) is 11.0. The molecule has 104 valence electrons. The van der Waals surface area contributed by atoms with E-state index in [1.54, 1.807) is 0 Å². The van der Waals surface area contributed by atoms with Gasteiger partial charge in [-0.05, 0) is 11.1 Å². The van der Waals surface area contributed by atoms with Crippen molar-refractivity contribution in [2.45, 2.75) is 12.1 Å². The smallest absolute Gasteiger partial charge is 0.326 e. The Hall–Kier alpha value is -2.17. The molecule has 0 fully saturated rings. The van der Waals surface area contributed by atoms with Gasteiger partial charge in [0.05, 0.1) is 6.61 Å². The molecule has 0 spiro atoms. The van der Waals surface area contributed by atoms with Crippen molar-refractivity contribution >= 4 is 5.97 Å². The van der Waals surface area contributed by atoms with E-state index in [1.807, 2.05) is 60.7 Å². The van der Waals surface area contributed by atoms with Crippen molar-refractivity contribution in [2.75, 3.05) is 6.61 Å². The van der Waals surface area contributed by atoms with Crippen LogP contribution < -0.4 is 5.73 Å². The van der Waals surface area contributed by atoms with Crippen molar-refractivity contribution in [1.29, 1.82) is 0 Å². The molecule has 2 rings (SSSR count). The van der Waals surface area contributed by atoms with E-state index < -0.39 is 24.7 Å². The second-order valence-corrected chi connectivity index (χ2v) is 4.43. The lowest BCUT2D eigenvalue weighted by molar-refractivity contribution is -0.150. The number of aliphatic hydroxyl groups excluding tert-OH is 1. The van der Waals surface area contributed by atoms with E-state index >= 15 is 0 Å². The summed E-state index contributed by atoms with van der Waals surface area (Å²) >= 11 is 0. The van der Waals surface area contributed by atoms with Gasteiger partial charge in [0.2, 0.25) is 0 Å². The molecule has 0 saturated carbocycles. The van der Waals surface area contributed by atoms with Crippen LogP contribution in [0.4, 0.5) is 0 Å². The highest BCUT2D eigenvalue weighted by molar-refractivity contribution is 5.76. The number of rotatable bonds is 5. The van der Waals surface area contributed by atoms with Crippen LogP contribution in [0.2, 0.25) is 0 Å². The molecule has 0 saturated heterocycles. The zero-order valence-electron chi connectivity index (χ0n) is 11.0. The summed E-state index contributed by atoms with van der Waals surface area (Å²) in [6, 6.07) is 17.8. The van der Waals surface area contributed by atoms with Crippen molar-refractivity contribution in [3.63, 3.8) is 0 Å². The van der Waals surface area contributed by atoms with Crippen molar-refractivity contribution in [3.8, 4) is 0 Å². The largest absolute Gasteiger partial charge is 0.451 e. The molecular formula is C16H17NO3. The number of carbonyl (C=O) groups excluding carboxylic acids is 1. The van der Waals surface area contributed by atoms with Crippen molar-refractivity contribution in [2.24, 2.45) is 5.73 Å². The molecule has 0 aliphatic heterocycles. The highest BCUT2D eigenvalue weighted by Gasteiger charge is 2.22. The third-order valence-corrected chi connectivity index (χ3v) is 2.94. The first-order chi connectivity index (χ1) is 9.72. The van der Waals surface area contributed by atoms with Crippen molar-refractivity contribution in [1.82, 2.24) is 0 Å². The van der Waals surface area contributed by atoms with Gasteiger partial charge >= 0.3 is 5.97 Å². The molecule has 0 bridgehead atoms. The highest BCUT2D eigenvalue weighted by atomic mass is 16.5. The van der Waals surface area contributed by atoms with E-state index in [-0.39, 0.29) is 0 Å². The van der Waals surface area contributed by atoms with E-state index in [9.17, 15) is 4.79 Å². The summed E-state index contributed by atoms with van der Waals surface area (Å²) in [4.78, 5) is 11.8. The molecule has 20 heavy (non-hydrogen) atoms. The van der Waals surface area contributed by atoms with Gasteiger partial charge in [0.15, 0.2) is 6.10 Å². The summed E-state index contributed by atoms with van der Waals surface area (Å²) in [6.45, 7) is -0.435. The van der Waals surface area contributed by atoms with Crippen LogP contribution in [-0.2, 0) is 9.53 Å². The lowest BCUT2D eigenvalue weighted by atomic mass is 10.0. The molecule has 4 heteroatoms. The second-order valence-electron chi connectivity index (χ2n) is 4.43. The molecular weight excluding hydrogens is 254 g/mol. The summed E-state index contributed by atoms with van der Waals surface area (Å²) in [6.07, 6.45) is -0.525. The van der Waals surface area contributed by atoms with E-state index in [0.717, 1.165) is 11.1 Å². The molecule has 1 atom stereocenters. The summed E-state index contributed by atoms with van der Waals surface area (Å²) in [7, 11) is 0. The van der Waals surface area contributed by atoms with Crippen LogP contribution in [-0.4, -0.2) is 23.7 Å². The van der Waals surface area contributed by atoms with Gasteiger partial charge < -0.3 is 15.6 Å². The van der Waals surface area contributed by atoms with Gasteiger partial charge in [0.25, 0.3) is 0 Å². The number of hydrogen-bond acceptors (Lipinski definition) is 4. The van der Waals surface area contributed by atoms with E-state index in [4.69, 9.17) is 15.6 Å². The minimum absolute atomic E-state index is 0.435. The molecule has 0 amide bonds. The Kier molecular flexibility index (Phi) is 4.87. The maximum atomic E-state index is 11.8. The minimum Gasteiger partial charge on any atom is -0.451 e. The van der Waals surface area contributed by atoms with Gasteiger partial charge in [-0.15, -0.1) is 0 Å². The van der Waals surface area contributed by atoms with E-state index in [0.29, 0.717) is 0 Å². The summed E-state index contributed by atoms with van der Waals surface area (Å²) in [5, 5.41) is 8.93. The molecule has 0 heterocycles. The van der Waals surface area contributed by atoms with Crippen LogP contribution in [0.5, 0.6) is 0 Å². The summed E-state index contributed by atoms with van der Waals surface area (Å²) < 4.78 is 5.45. The Morgan fingerprint density at radius 3 is 1.85 bits per heavy atom. The molecule has 3 N–H and O–H groups in total. The number of benzene rings is 2. The van der Waals surface area contributed by atoms with Gasteiger partial charge in [-0.3, -0.25) is 4.79 Å². The Morgan fingerprint density at radius 1 is 1.00 bits per heavy atom. The monoisotopic (exact) mass is 271 g/mol. The average Bonchev–Trinajstić information content (AvgIpc) is 2.53. The van der Waals surface area contributed by atoms with Crippen LogP contribution in [0, 0.1) is 0 Å². The average molecular weight is 271 g/mol. The number of carbonyl (C=O) groups is 1. The van der Waals surface area contributed by atoms with Gasteiger partial charge in [-0.25, -0.2) is 0 Å². The molecule has 0 unspecified atom stereocenters. The minimum atomic E-state index is -1.02. The lowest BCUT2D eigenvalue weighted by Crippen LogP contribution is -2.36. The van der Waals surface area contributed by atoms with Gasteiger partial charge in [-0.2, -0.15) is 0 Å². The predicted octanol–water partition coefficient (Wildman–Crippen LogP) is 1.64. The Morgan fingerprint density at radius 2 is 1.45 bits per heavy atom. The van der Waals surface area contributed by atoms with Gasteiger partial charge in [0.1, 0.15) is 6.04 Å². The Labute approximate surface area is 117 Å². The van der Waals surface area contributed by atoms with Crippen molar-refractivity contribution in [3.05, 3.63) is 71.8 Å². The molecule has 0 radical (unpaired) electrons. The SMILES string of the molecule is N[C@H](CO)C(=O)OC(c1ccccc1)c1ccccc1. The first-order valence-electron chi connectivity index (χ1n) is 6.39. The third-order valence-electron chi connectivity index (χ3n) is 2.94. The first kappa shape index (κ1) is 14.2. The molecule has 2 aromatic carbocycles. The highest BCUT2D eigenvalue weighted by Crippen LogP contribution is 2.26. The molecule has 2 aromatic rings. The molecule has 0 aromatic heterocycles. The Bertz CT molecular complexity index is 503. The normalized spacial score (nSPS) is 12.2. The van der Waals surface area contributed by atoms with Crippen molar-refractivity contribution < 1.29 is 14.6 Å². The maximum absolute atomic E-state index is 11.8. The number of nitrogens with two attached hydrogens (primary N) is 1. The zero-order chi connectivity index (χ0) is 14.4. The fraction of sp³-hybridized carbons (Fsp3) is 0.188. The number of aliphatic hydroxyl groups is 1. The fourth-order valence-corrected chi connectivity index (χ4v) is 1.86. The Balaban J connectivity index is 2.28. The van der Waals surface area contributed by atoms with Crippen LogP contribution in [0.15, 0.2) is 60.7 Å². The van der Waals surface area contributed by atoms with Crippen LogP contribution in [0.25, 0.3) is 0 Å². The van der Waals surface area contributed by atoms with E-state index in [2.05, 4.69) is 0 Å². The van der Waals surface area contributed by atoms with Crippen LogP contribution in [0.1, 0.15) is 17.2 Å². The van der Waals surface area contributed by atoms with Crippen LogP contribution >= 0.6 is 0 Å². The first-order valence-corrected chi connectivity index (χ1v) is 6.39. The third kappa shape index (κ3) is 3.44. The lowest BCUT2D eigenvalue weighted by Gasteiger charge is -2.20. The van der Waals surface area contributed by atoms with Crippen LogP contribution in [0.3, 0.4) is 0 Å². The maximum Gasteiger partial charge on any atom is 0.326 e. The van der Waals surface area contributed by atoms with E-state index in [1.165, 1.54) is 0 Å². The second kappa shape index (κ2) is 6.84. The van der Waals surface area contributed by atoms with Gasteiger partial charge in [0, 0.05) is 0 Å². The summed E-state index contributed by atoms with van der Waals surface area (Å²) in [5.41, 5.74) is 7.21. The molecule has 4 nitrogen and oxygen atoms in total. The number of hydrogen-bond donors (Lipinski definition) is 2. The number of esters is 1. The quantitative estimate of drug-likeness (QED) is 0.811. The predicted molar refractivity (Wildman–Crippen MR) is 75.9 cm³/mol. The fourth-order valence-electron chi connectivity index (χ4n) is 1.86. The standard InChI is InChI=1S/C16H17NO3/c17-14(11-18)16(19)20-15(12-7-3-1-4-8-12)13-9-5-2-6-10-13/h1-10,14-15,18H,11,17H2/t14-/m1/s1. The molecule has 0 aliphatic rings. The summed E-state index contributed by atoms with van der Waals surface area (Å²) in [5.74, 6) is -0.620. The topological polar surface area (TPSA) is 72.5 Å². The molecule has 0 aliphatic carbocycles. The van der Waals surface area contributed by atoms with Gasteiger partial charge in [-0.1, -0.05) is 60.7 Å². The number of ether oxygens (including phenoxy) is 1.